The molecule has 0 unspecified atom stereocenters. The van der Waals surface area contributed by atoms with Crippen LogP contribution in [-0.4, -0.2) is 39.3 Å². The normalized spacial score (nSPS) is 17.7. The first kappa shape index (κ1) is 14.3. The first-order valence-corrected chi connectivity index (χ1v) is 8.04. The summed E-state index contributed by atoms with van der Waals surface area (Å²) in [6.07, 6.45) is 5.96. The van der Waals surface area contributed by atoms with Crippen molar-refractivity contribution >= 4 is 16.0 Å². The Hall–Kier alpha value is -0.780. The van der Waals surface area contributed by atoms with Gasteiger partial charge >= 0.3 is 6.16 Å². The highest BCUT2D eigenvalue weighted by Gasteiger charge is 2.18. The van der Waals surface area contributed by atoms with Crippen molar-refractivity contribution in [3.05, 3.63) is 0 Å². The summed E-state index contributed by atoms with van der Waals surface area (Å²) in [6, 6.07) is 0. The van der Waals surface area contributed by atoms with Gasteiger partial charge in [-0.2, -0.15) is 0 Å². The van der Waals surface area contributed by atoms with Gasteiger partial charge in [-0.1, -0.05) is 6.42 Å². The van der Waals surface area contributed by atoms with Crippen molar-refractivity contribution < 1.29 is 22.7 Å². The highest BCUT2D eigenvalue weighted by Crippen LogP contribution is 2.20. The van der Waals surface area contributed by atoms with Crippen LogP contribution in [0.5, 0.6) is 0 Å². The van der Waals surface area contributed by atoms with Gasteiger partial charge in [0.1, 0.15) is 15.9 Å². The molecule has 1 rings (SSSR count). The number of hydrogen-bond acceptors (Lipinski definition) is 5. The first-order chi connectivity index (χ1) is 7.97. The fraction of sp³-hybridized carbons (Fsp3) is 0.909. The molecule has 17 heavy (non-hydrogen) atoms. The van der Waals surface area contributed by atoms with Gasteiger partial charge in [-0.15, -0.1) is 0 Å². The molecule has 0 aromatic rings. The lowest BCUT2D eigenvalue weighted by Gasteiger charge is -2.21. The fourth-order valence-corrected chi connectivity index (χ4v) is 2.47. The molecule has 0 spiro atoms. The van der Waals surface area contributed by atoms with Crippen LogP contribution in [0.1, 0.15) is 38.5 Å². The van der Waals surface area contributed by atoms with Crippen LogP contribution in [0, 0.1) is 0 Å². The second-order valence-corrected chi connectivity index (χ2v) is 6.72. The lowest BCUT2D eigenvalue weighted by Crippen LogP contribution is -2.22. The van der Waals surface area contributed by atoms with Crippen molar-refractivity contribution in [3.8, 4) is 0 Å². The molecule has 0 atom stereocenters. The number of carbonyl (C=O) groups is 1. The van der Waals surface area contributed by atoms with Gasteiger partial charge in [-0.3, -0.25) is 0 Å². The number of rotatable bonds is 5. The van der Waals surface area contributed by atoms with Crippen LogP contribution >= 0.6 is 0 Å². The second kappa shape index (κ2) is 6.83. The smallest absolute Gasteiger partial charge is 0.434 e. The topological polar surface area (TPSA) is 69.7 Å². The van der Waals surface area contributed by atoms with Crippen LogP contribution in [-0.2, 0) is 19.3 Å². The Morgan fingerprint density at radius 1 is 1.24 bits per heavy atom. The molecule has 1 aliphatic carbocycles. The zero-order valence-electron chi connectivity index (χ0n) is 10.2. The largest absolute Gasteiger partial charge is 0.508 e. The second-order valence-electron chi connectivity index (χ2n) is 4.46. The maximum Gasteiger partial charge on any atom is 0.508 e. The van der Waals surface area contributed by atoms with Crippen LogP contribution in [0.25, 0.3) is 0 Å². The number of carbonyl (C=O) groups excluding carboxylic acids is 1. The number of hydrogen-bond donors (Lipinski definition) is 0. The van der Waals surface area contributed by atoms with Crippen molar-refractivity contribution in [2.75, 3.05) is 18.6 Å². The van der Waals surface area contributed by atoms with Gasteiger partial charge in [-0.25, -0.2) is 13.2 Å². The summed E-state index contributed by atoms with van der Waals surface area (Å²) in [4.78, 5) is 11.2. The zero-order chi connectivity index (χ0) is 12.7. The Bertz CT molecular complexity index is 330. The minimum Gasteiger partial charge on any atom is -0.434 e. The Kier molecular flexibility index (Phi) is 5.74. The van der Waals surface area contributed by atoms with Crippen molar-refractivity contribution in [2.24, 2.45) is 0 Å². The monoisotopic (exact) mass is 264 g/mol. The molecule has 0 bridgehead atoms. The fourth-order valence-electron chi connectivity index (χ4n) is 1.83. The minimum atomic E-state index is -2.98. The van der Waals surface area contributed by atoms with E-state index in [4.69, 9.17) is 9.47 Å². The molecule has 0 aromatic heterocycles. The zero-order valence-corrected chi connectivity index (χ0v) is 11.0. The predicted octanol–water partition coefficient (Wildman–Crippen LogP) is 1.91. The van der Waals surface area contributed by atoms with E-state index in [1.54, 1.807) is 0 Å². The molecule has 0 aromatic carbocycles. The Labute approximate surface area is 102 Å². The molecule has 0 aliphatic heterocycles. The summed E-state index contributed by atoms with van der Waals surface area (Å²) in [5, 5.41) is 0. The van der Waals surface area contributed by atoms with Gasteiger partial charge in [0.2, 0.25) is 0 Å². The Morgan fingerprint density at radius 3 is 2.47 bits per heavy atom. The SMILES string of the molecule is CS(=O)(=O)CCCOC(=O)OC1CCCCC1. The van der Waals surface area contributed by atoms with E-state index in [0.717, 1.165) is 31.9 Å². The van der Waals surface area contributed by atoms with Crippen LogP contribution in [0.4, 0.5) is 4.79 Å². The minimum absolute atomic E-state index is 0.0221. The summed E-state index contributed by atoms with van der Waals surface area (Å²) >= 11 is 0. The summed E-state index contributed by atoms with van der Waals surface area (Å²) in [6.45, 7) is 0.0959. The number of ether oxygens (including phenoxy) is 2. The summed E-state index contributed by atoms with van der Waals surface area (Å²) < 4.78 is 31.6. The molecule has 1 aliphatic rings. The van der Waals surface area contributed by atoms with E-state index in [9.17, 15) is 13.2 Å². The van der Waals surface area contributed by atoms with Crippen LogP contribution in [0.2, 0.25) is 0 Å². The van der Waals surface area contributed by atoms with Gasteiger partial charge in [0, 0.05) is 6.26 Å². The van der Waals surface area contributed by atoms with Gasteiger partial charge in [0.15, 0.2) is 0 Å². The average Bonchev–Trinajstić information content (AvgIpc) is 2.25. The average molecular weight is 264 g/mol. The molecule has 1 saturated carbocycles. The maximum absolute atomic E-state index is 11.2. The van der Waals surface area contributed by atoms with Gasteiger partial charge in [0.05, 0.1) is 12.4 Å². The molecular formula is C11H20O5S. The molecule has 1 fully saturated rings. The first-order valence-electron chi connectivity index (χ1n) is 5.98. The van der Waals surface area contributed by atoms with E-state index < -0.39 is 16.0 Å². The summed E-state index contributed by atoms with van der Waals surface area (Å²) in [5.74, 6) is 0.0315. The van der Waals surface area contributed by atoms with E-state index in [2.05, 4.69) is 0 Å². The third kappa shape index (κ3) is 7.20. The Morgan fingerprint density at radius 2 is 1.88 bits per heavy atom. The summed E-state index contributed by atoms with van der Waals surface area (Å²) in [5.41, 5.74) is 0. The molecule has 0 N–H and O–H groups in total. The van der Waals surface area contributed by atoms with Crippen molar-refractivity contribution in [2.45, 2.75) is 44.6 Å². The van der Waals surface area contributed by atoms with Crippen molar-refractivity contribution in [1.82, 2.24) is 0 Å². The standard InChI is InChI=1S/C11H20O5S/c1-17(13,14)9-5-8-15-11(12)16-10-6-3-2-4-7-10/h10H,2-9H2,1H3. The maximum atomic E-state index is 11.2. The highest BCUT2D eigenvalue weighted by atomic mass is 32.2. The van der Waals surface area contributed by atoms with E-state index in [1.807, 2.05) is 0 Å². The third-order valence-corrected chi connectivity index (χ3v) is 3.72. The van der Waals surface area contributed by atoms with Crippen molar-refractivity contribution in [1.29, 1.82) is 0 Å². The lowest BCUT2D eigenvalue weighted by atomic mass is 9.98. The Balaban J connectivity index is 2.08. The van der Waals surface area contributed by atoms with Crippen LogP contribution in [0.3, 0.4) is 0 Å². The van der Waals surface area contributed by atoms with Gasteiger partial charge in [-0.05, 0) is 32.1 Å². The van der Waals surface area contributed by atoms with Gasteiger partial charge < -0.3 is 9.47 Å². The molecule has 0 amide bonds. The summed E-state index contributed by atoms with van der Waals surface area (Å²) in [7, 11) is -2.98. The van der Waals surface area contributed by atoms with Crippen LogP contribution < -0.4 is 0 Å². The molecule has 6 heteroatoms. The van der Waals surface area contributed by atoms with E-state index >= 15 is 0 Å². The molecule has 0 saturated heterocycles. The molecular weight excluding hydrogens is 244 g/mol. The molecule has 100 valence electrons. The van der Waals surface area contributed by atoms with Crippen LogP contribution in [0.15, 0.2) is 0 Å². The molecule has 5 nitrogen and oxygen atoms in total. The van der Waals surface area contributed by atoms with Gasteiger partial charge in [0.25, 0.3) is 0 Å². The lowest BCUT2D eigenvalue weighted by molar-refractivity contribution is 0.0114. The van der Waals surface area contributed by atoms with E-state index in [0.29, 0.717) is 6.42 Å². The molecule has 0 heterocycles. The number of sulfone groups is 1. The van der Waals surface area contributed by atoms with E-state index in [1.165, 1.54) is 6.42 Å². The third-order valence-electron chi connectivity index (χ3n) is 2.69. The molecule has 0 radical (unpaired) electrons. The van der Waals surface area contributed by atoms with E-state index in [-0.39, 0.29) is 18.5 Å². The quantitative estimate of drug-likeness (QED) is 0.560. The predicted molar refractivity (Wildman–Crippen MR) is 63.6 cm³/mol. The highest BCUT2D eigenvalue weighted by molar-refractivity contribution is 7.90. The van der Waals surface area contributed by atoms with Crippen molar-refractivity contribution in [3.63, 3.8) is 0 Å².